The van der Waals surface area contributed by atoms with Crippen LogP contribution in [0.15, 0.2) is 11.0 Å². The molecule has 0 spiro atoms. The Balaban J connectivity index is 2.11. The number of hydrogen-bond acceptors (Lipinski definition) is 5. The van der Waals surface area contributed by atoms with Gasteiger partial charge >= 0.3 is 4.87 Å². The molecule has 0 aliphatic carbocycles. The number of fused-ring (bicyclic) bond motifs is 1. The van der Waals surface area contributed by atoms with E-state index in [1.807, 2.05) is 13.8 Å². The molecule has 0 saturated heterocycles. The van der Waals surface area contributed by atoms with Crippen molar-refractivity contribution in [2.24, 2.45) is 7.05 Å². The van der Waals surface area contributed by atoms with Crippen LogP contribution in [0, 0.1) is 13.8 Å². The Kier molecular flexibility index (Phi) is 3.10. The molecule has 0 aliphatic rings. The molecule has 0 unspecified atom stereocenters. The fraction of sp³-hybridized carbons (Fsp3) is 0.333. The number of aryl methyl sites for hydroxylation is 2. The number of thiazole rings is 1. The molecular weight excluding hydrogens is 298 g/mol. The lowest BCUT2D eigenvalue weighted by molar-refractivity contribution is 0.705. The van der Waals surface area contributed by atoms with E-state index in [0.29, 0.717) is 28.6 Å². The van der Waals surface area contributed by atoms with Crippen molar-refractivity contribution >= 4 is 34.0 Å². The maximum absolute atomic E-state index is 11.9. The number of hydrogen-bond donors (Lipinski definition) is 0. The smallest absolute Gasteiger partial charge is 0.295 e. The molecule has 104 valence electrons. The molecule has 6 nitrogen and oxygen atoms in total. The van der Waals surface area contributed by atoms with Crippen LogP contribution in [0.4, 0.5) is 0 Å². The molecule has 0 aliphatic heterocycles. The average molecular weight is 310 g/mol. The maximum atomic E-state index is 11.9. The third kappa shape index (κ3) is 2.03. The fourth-order valence-corrected chi connectivity index (χ4v) is 3.07. The SMILES string of the molecule is Cc1sc(=O)n(Cc2nc(Cl)c3cnn(C)c3n2)c1C. The van der Waals surface area contributed by atoms with Gasteiger partial charge in [-0.3, -0.25) is 14.0 Å². The van der Waals surface area contributed by atoms with Crippen LogP contribution in [-0.2, 0) is 13.6 Å². The van der Waals surface area contributed by atoms with Crippen molar-refractivity contribution in [2.45, 2.75) is 20.4 Å². The van der Waals surface area contributed by atoms with Gasteiger partial charge in [0, 0.05) is 17.6 Å². The van der Waals surface area contributed by atoms with Crippen LogP contribution >= 0.6 is 22.9 Å². The Morgan fingerprint density at radius 3 is 2.75 bits per heavy atom. The quantitative estimate of drug-likeness (QED) is 0.678. The monoisotopic (exact) mass is 309 g/mol. The standard InChI is InChI=1S/C12H12ClN5OS/c1-6-7(2)20-12(19)18(6)5-9-15-10(13)8-4-14-17(3)11(8)16-9/h4H,5H2,1-3H3. The molecular formula is C12H12ClN5OS. The van der Waals surface area contributed by atoms with E-state index in [2.05, 4.69) is 15.1 Å². The van der Waals surface area contributed by atoms with Crippen LogP contribution in [0.5, 0.6) is 0 Å². The molecule has 0 amide bonds. The molecule has 0 radical (unpaired) electrons. The van der Waals surface area contributed by atoms with Crippen LogP contribution in [0.3, 0.4) is 0 Å². The first kappa shape index (κ1) is 13.3. The van der Waals surface area contributed by atoms with Crippen molar-refractivity contribution in [1.29, 1.82) is 0 Å². The predicted octanol–water partition coefficient (Wildman–Crippen LogP) is 1.91. The molecule has 0 N–H and O–H groups in total. The summed E-state index contributed by atoms with van der Waals surface area (Å²) in [5.41, 5.74) is 1.60. The van der Waals surface area contributed by atoms with Gasteiger partial charge in [0.1, 0.15) is 5.15 Å². The lowest BCUT2D eigenvalue weighted by Gasteiger charge is -2.05. The Labute approximate surface area is 123 Å². The number of halogens is 1. The number of nitrogens with zero attached hydrogens (tertiary/aromatic N) is 5. The van der Waals surface area contributed by atoms with Crippen molar-refractivity contribution in [1.82, 2.24) is 24.3 Å². The molecule has 8 heteroatoms. The zero-order chi connectivity index (χ0) is 14.4. The first-order valence-electron chi connectivity index (χ1n) is 5.98. The van der Waals surface area contributed by atoms with E-state index in [9.17, 15) is 4.79 Å². The zero-order valence-electron chi connectivity index (χ0n) is 11.2. The Bertz CT molecular complexity index is 863. The highest BCUT2D eigenvalue weighted by molar-refractivity contribution is 7.09. The molecule has 0 atom stereocenters. The van der Waals surface area contributed by atoms with Gasteiger partial charge in [-0.25, -0.2) is 9.97 Å². The van der Waals surface area contributed by atoms with Crippen LogP contribution in [-0.4, -0.2) is 24.3 Å². The predicted molar refractivity (Wildman–Crippen MR) is 78.5 cm³/mol. The Hall–Kier alpha value is -1.73. The largest absolute Gasteiger partial charge is 0.307 e. The topological polar surface area (TPSA) is 65.6 Å². The van der Waals surface area contributed by atoms with E-state index in [1.165, 1.54) is 11.3 Å². The van der Waals surface area contributed by atoms with E-state index in [-0.39, 0.29) is 4.87 Å². The third-order valence-electron chi connectivity index (χ3n) is 3.27. The molecule has 3 rings (SSSR count). The van der Waals surface area contributed by atoms with Gasteiger partial charge in [-0.2, -0.15) is 5.10 Å². The van der Waals surface area contributed by atoms with Gasteiger partial charge < -0.3 is 0 Å². The summed E-state index contributed by atoms with van der Waals surface area (Å²) >= 11 is 7.37. The van der Waals surface area contributed by atoms with Crippen LogP contribution in [0.1, 0.15) is 16.4 Å². The van der Waals surface area contributed by atoms with Gasteiger partial charge in [0.25, 0.3) is 0 Å². The molecule has 0 fully saturated rings. The average Bonchev–Trinajstić information content (AvgIpc) is 2.87. The lowest BCUT2D eigenvalue weighted by atomic mass is 10.4. The molecule has 0 saturated carbocycles. The molecule has 0 bridgehead atoms. The highest BCUT2D eigenvalue weighted by Gasteiger charge is 2.13. The van der Waals surface area contributed by atoms with Crippen molar-refractivity contribution in [3.8, 4) is 0 Å². The van der Waals surface area contributed by atoms with Gasteiger partial charge in [-0.15, -0.1) is 0 Å². The van der Waals surface area contributed by atoms with E-state index in [4.69, 9.17) is 11.6 Å². The van der Waals surface area contributed by atoms with Crippen LogP contribution < -0.4 is 4.87 Å². The molecule has 3 aromatic heterocycles. The second-order valence-electron chi connectivity index (χ2n) is 4.53. The lowest BCUT2D eigenvalue weighted by Crippen LogP contribution is -2.17. The second kappa shape index (κ2) is 4.68. The Morgan fingerprint density at radius 2 is 2.10 bits per heavy atom. The van der Waals surface area contributed by atoms with Crippen LogP contribution in [0.25, 0.3) is 11.0 Å². The van der Waals surface area contributed by atoms with E-state index >= 15 is 0 Å². The summed E-state index contributed by atoms with van der Waals surface area (Å²) in [4.78, 5) is 21.6. The van der Waals surface area contributed by atoms with E-state index in [1.54, 1.807) is 22.5 Å². The second-order valence-corrected chi connectivity index (χ2v) is 6.06. The van der Waals surface area contributed by atoms with Gasteiger partial charge in [0.15, 0.2) is 11.5 Å². The molecule has 0 aromatic carbocycles. The van der Waals surface area contributed by atoms with Gasteiger partial charge in [0.05, 0.1) is 18.1 Å². The van der Waals surface area contributed by atoms with E-state index < -0.39 is 0 Å². The normalized spacial score (nSPS) is 11.4. The van der Waals surface area contributed by atoms with Crippen molar-refractivity contribution in [2.75, 3.05) is 0 Å². The summed E-state index contributed by atoms with van der Waals surface area (Å²) in [7, 11) is 1.79. The summed E-state index contributed by atoms with van der Waals surface area (Å²) < 4.78 is 3.30. The maximum Gasteiger partial charge on any atom is 0.307 e. The van der Waals surface area contributed by atoms with Crippen molar-refractivity contribution in [3.05, 3.63) is 37.4 Å². The number of rotatable bonds is 2. The highest BCUT2D eigenvalue weighted by atomic mass is 35.5. The summed E-state index contributed by atoms with van der Waals surface area (Å²) in [6, 6.07) is 0. The van der Waals surface area contributed by atoms with Crippen molar-refractivity contribution in [3.63, 3.8) is 0 Å². The summed E-state index contributed by atoms with van der Waals surface area (Å²) in [6.45, 7) is 4.16. The first-order valence-corrected chi connectivity index (χ1v) is 7.17. The summed E-state index contributed by atoms with van der Waals surface area (Å²) in [6.07, 6.45) is 1.63. The van der Waals surface area contributed by atoms with Crippen molar-refractivity contribution < 1.29 is 0 Å². The third-order valence-corrected chi connectivity index (χ3v) is 4.55. The summed E-state index contributed by atoms with van der Waals surface area (Å²) in [5, 5.41) is 5.18. The minimum absolute atomic E-state index is 0.00942. The summed E-state index contributed by atoms with van der Waals surface area (Å²) in [5.74, 6) is 0.508. The molecule has 20 heavy (non-hydrogen) atoms. The Morgan fingerprint density at radius 1 is 1.35 bits per heavy atom. The molecule has 3 heterocycles. The van der Waals surface area contributed by atoms with Gasteiger partial charge in [-0.05, 0) is 13.8 Å². The van der Waals surface area contributed by atoms with Gasteiger partial charge in [0.2, 0.25) is 0 Å². The van der Waals surface area contributed by atoms with Crippen LogP contribution in [0.2, 0.25) is 5.15 Å². The first-order chi connectivity index (χ1) is 9.47. The minimum Gasteiger partial charge on any atom is -0.295 e. The van der Waals surface area contributed by atoms with E-state index in [0.717, 1.165) is 10.6 Å². The highest BCUT2D eigenvalue weighted by Crippen LogP contribution is 2.20. The van der Waals surface area contributed by atoms with Gasteiger partial charge in [-0.1, -0.05) is 22.9 Å². The fourth-order valence-electron chi connectivity index (χ4n) is 2.01. The number of aromatic nitrogens is 5. The molecule has 3 aromatic rings. The zero-order valence-corrected chi connectivity index (χ0v) is 12.8. The minimum atomic E-state index is -0.00942.